The van der Waals surface area contributed by atoms with Gasteiger partial charge in [-0.25, -0.2) is 9.78 Å². The number of fused-ring (bicyclic) bond motifs is 1. The summed E-state index contributed by atoms with van der Waals surface area (Å²) in [5.41, 5.74) is 0.282. The van der Waals surface area contributed by atoms with Crippen molar-refractivity contribution in [1.82, 2.24) is 24.4 Å². The van der Waals surface area contributed by atoms with Crippen molar-refractivity contribution in [3.63, 3.8) is 0 Å². The number of H-pyrrole nitrogens is 1. The zero-order chi connectivity index (χ0) is 15.9. The van der Waals surface area contributed by atoms with Crippen LogP contribution in [-0.4, -0.2) is 32.2 Å². The summed E-state index contributed by atoms with van der Waals surface area (Å²) in [6.07, 6.45) is 2.81. The van der Waals surface area contributed by atoms with Gasteiger partial charge in [-0.05, 0) is 39.3 Å². The summed E-state index contributed by atoms with van der Waals surface area (Å²) in [5.74, 6) is 1.24. The second-order valence-electron chi connectivity index (χ2n) is 6.11. The largest absolute Gasteiger partial charge is 0.330 e. The second-order valence-corrected chi connectivity index (χ2v) is 6.11. The normalized spacial score (nSPS) is 18.0. The number of nitrogens with zero attached hydrogens (tertiary/aromatic N) is 3. The van der Waals surface area contributed by atoms with Crippen LogP contribution in [0.3, 0.4) is 0 Å². The highest BCUT2D eigenvalue weighted by Crippen LogP contribution is 2.26. The summed E-state index contributed by atoms with van der Waals surface area (Å²) >= 11 is 0. The van der Waals surface area contributed by atoms with Crippen molar-refractivity contribution in [3.8, 4) is 0 Å². The fraction of sp³-hybridized carbons (Fsp3) is 0.667. The molecule has 3 rings (SSSR count). The summed E-state index contributed by atoms with van der Waals surface area (Å²) < 4.78 is 3.48. The maximum Gasteiger partial charge on any atom is 0.330 e. The van der Waals surface area contributed by atoms with Crippen LogP contribution in [0.2, 0.25) is 0 Å². The fourth-order valence-electron chi connectivity index (χ4n) is 3.27. The molecule has 0 bridgehead atoms. The molecular weight excluding hydrogens is 282 g/mol. The molecule has 0 spiro atoms. The summed E-state index contributed by atoms with van der Waals surface area (Å²) in [4.78, 5) is 31.6. The van der Waals surface area contributed by atoms with Gasteiger partial charge in [0.15, 0.2) is 11.2 Å². The minimum absolute atomic E-state index is 0.00243. The lowest BCUT2D eigenvalue weighted by molar-refractivity contribution is 0.438. The molecule has 3 heterocycles. The molecule has 0 saturated carbocycles. The Hall–Kier alpha value is -1.89. The number of aromatic nitrogens is 4. The van der Waals surface area contributed by atoms with Crippen molar-refractivity contribution in [2.24, 2.45) is 7.05 Å². The first-order chi connectivity index (χ1) is 10.5. The Morgan fingerprint density at radius 1 is 1.32 bits per heavy atom. The summed E-state index contributed by atoms with van der Waals surface area (Å²) in [6.45, 7) is 5.91. The van der Waals surface area contributed by atoms with Crippen LogP contribution >= 0.6 is 0 Å². The van der Waals surface area contributed by atoms with E-state index in [1.807, 2.05) is 25.5 Å². The Morgan fingerprint density at radius 2 is 2.00 bits per heavy atom. The molecule has 120 valence electrons. The Bertz CT molecular complexity index is 795. The van der Waals surface area contributed by atoms with E-state index in [0.717, 1.165) is 38.2 Å². The van der Waals surface area contributed by atoms with Gasteiger partial charge in [0, 0.05) is 19.0 Å². The Morgan fingerprint density at radius 3 is 2.64 bits per heavy atom. The van der Waals surface area contributed by atoms with Crippen molar-refractivity contribution in [1.29, 1.82) is 0 Å². The fourth-order valence-corrected chi connectivity index (χ4v) is 3.27. The van der Waals surface area contributed by atoms with E-state index in [1.165, 1.54) is 0 Å². The minimum atomic E-state index is -0.373. The number of hydrogen-bond acceptors (Lipinski definition) is 4. The molecule has 2 N–H and O–H groups in total. The summed E-state index contributed by atoms with van der Waals surface area (Å²) in [6, 6.07) is 0.00243. The predicted octanol–water partition coefficient (Wildman–Crippen LogP) is 0.861. The molecule has 1 saturated heterocycles. The van der Waals surface area contributed by atoms with Crippen molar-refractivity contribution < 1.29 is 0 Å². The van der Waals surface area contributed by atoms with Gasteiger partial charge in [0.1, 0.15) is 5.82 Å². The average molecular weight is 305 g/mol. The highest BCUT2D eigenvalue weighted by atomic mass is 16.2. The zero-order valence-corrected chi connectivity index (χ0v) is 13.3. The summed E-state index contributed by atoms with van der Waals surface area (Å²) in [5, 5.41) is 3.34. The molecule has 1 aliphatic heterocycles. The van der Waals surface area contributed by atoms with Crippen LogP contribution in [0.1, 0.15) is 50.9 Å². The Labute approximate surface area is 128 Å². The monoisotopic (exact) mass is 305 g/mol. The molecule has 0 radical (unpaired) electrons. The third-order valence-electron chi connectivity index (χ3n) is 4.73. The van der Waals surface area contributed by atoms with Gasteiger partial charge in [-0.15, -0.1) is 0 Å². The maximum absolute atomic E-state index is 12.2. The highest BCUT2D eigenvalue weighted by molar-refractivity contribution is 5.71. The van der Waals surface area contributed by atoms with Crippen LogP contribution in [0.25, 0.3) is 11.2 Å². The standard InChI is InChI=1S/C15H23N5O2/c1-4-9(2)20-13-11(14(21)18-15(20)22)19(3)12(17-13)10-5-7-16-8-6-10/h9-10,16H,4-8H2,1-3H3,(H,18,21,22). The molecule has 0 aliphatic carbocycles. The minimum Gasteiger partial charge on any atom is -0.325 e. The van der Waals surface area contributed by atoms with E-state index in [4.69, 9.17) is 4.98 Å². The van der Waals surface area contributed by atoms with Crippen LogP contribution in [0.15, 0.2) is 9.59 Å². The average Bonchev–Trinajstić information content (AvgIpc) is 2.85. The number of hydrogen-bond donors (Lipinski definition) is 2. The SMILES string of the molecule is CCC(C)n1c(=O)[nH]c(=O)c2c1nc(C1CCNCC1)n2C. The quantitative estimate of drug-likeness (QED) is 0.881. The number of aryl methyl sites for hydroxylation is 1. The van der Waals surface area contributed by atoms with Gasteiger partial charge in [0.25, 0.3) is 5.56 Å². The predicted molar refractivity (Wildman–Crippen MR) is 85.4 cm³/mol. The van der Waals surface area contributed by atoms with Crippen molar-refractivity contribution >= 4 is 11.2 Å². The van der Waals surface area contributed by atoms with Gasteiger partial charge < -0.3 is 9.88 Å². The molecule has 1 fully saturated rings. The lowest BCUT2D eigenvalue weighted by Crippen LogP contribution is -2.32. The van der Waals surface area contributed by atoms with E-state index in [0.29, 0.717) is 17.1 Å². The van der Waals surface area contributed by atoms with E-state index in [2.05, 4.69) is 10.3 Å². The van der Waals surface area contributed by atoms with Crippen molar-refractivity contribution in [3.05, 3.63) is 26.7 Å². The smallest absolute Gasteiger partial charge is 0.325 e. The molecule has 22 heavy (non-hydrogen) atoms. The molecular formula is C15H23N5O2. The molecule has 0 amide bonds. The second kappa shape index (κ2) is 5.72. The molecule has 2 aromatic heterocycles. The number of nitrogens with one attached hydrogen (secondary N) is 2. The zero-order valence-electron chi connectivity index (χ0n) is 13.3. The van der Waals surface area contributed by atoms with E-state index in [9.17, 15) is 9.59 Å². The van der Waals surface area contributed by atoms with E-state index < -0.39 is 0 Å². The number of rotatable bonds is 3. The van der Waals surface area contributed by atoms with Crippen LogP contribution < -0.4 is 16.6 Å². The highest BCUT2D eigenvalue weighted by Gasteiger charge is 2.24. The lowest BCUT2D eigenvalue weighted by Gasteiger charge is -2.21. The number of aromatic amines is 1. The molecule has 0 aromatic carbocycles. The van der Waals surface area contributed by atoms with Crippen LogP contribution in [0, 0.1) is 0 Å². The number of imidazole rings is 1. The first-order valence-electron chi connectivity index (χ1n) is 7.96. The van der Waals surface area contributed by atoms with Gasteiger partial charge in [0.2, 0.25) is 0 Å². The first kappa shape index (κ1) is 15.0. The van der Waals surface area contributed by atoms with Crippen LogP contribution in [0.4, 0.5) is 0 Å². The summed E-state index contributed by atoms with van der Waals surface area (Å²) in [7, 11) is 1.87. The van der Waals surface area contributed by atoms with Crippen molar-refractivity contribution in [2.45, 2.75) is 45.1 Å². The topological polar surface area (TPSA) is 84.7 Å². The Balaban J connectivity index is 2.26. The van der Waals surface area contributed by atoms with Gasteiger partial charge in [-0.3, -0.25) is 14.3 Å². The molecule has 7 heteroatoms. The van der Waals surface area contributed by atoms with Crippen LogP contribution in [-0.2, 0) is 7.05 Å². The van der Waals surface area contributed by atoms with E-state index in [1.54, 1.807) is 4.57 Å². The molecule has 1 unspecified atom stereocenters. The van der Waals surface area contributed by atoms with Gasteiger partial charge in [-0.2, -0.15) is 0 Å². The van der Waals surface area contributed by atoms with E-state index in [-0.39, 0.29) is 17.3 Å². The van der Waals surface area contributed by atoms with Gasteiger partial charge >= 0.3 is 5.69 Å². The molecule has 1 atom stereocenters. The Kier molecular flexibility index (Phi) is 3.90. The number of piperidine rings is 1. The van der Waals surface area contributed by atoms with Crippen LogP contribution in [0.5, 0.6) is 0 Å². The van der Waals surface area contributed by atoms with Gasteiger partial charge in [0.05, 0.1) is 0 Å². The lowest BCUT2D eigenvalue weighted by atomic mass is 9.97. The molecule has 1 aliphatic rings. The van der Waals surface area contributed by atoms with E-state index >= 15 is 0 Å². The molecule has 2 aromatic rings. The van der Waals surface area contributed by atoms with Crippen molar-refractivity contribution in [2.75, 3.05) is 13.1 Å². The van der Waals surface area contributed by atoms with Gasteiger partial charge in [-0.1, -0.05) is 6.92 Å². The first-order valence-corrected chi connectivity index (χ1v) is 7.96. The maximum atomic E-state index is 12.2. The third-order valence-corrected chi connectivity index (χ3v) is 4.73. The molecule has 7 nitrogen and oxygen atoms in total. The third kappa shape index (κ3) is 2.29.